The summed E-state index contributed by atoms with van der Waals surface area (Å²) in [5.41, 5.74) is 2.31. The van der Waals surface area contributed by atoms with Gasteiger partial charge in [0, 0.05) is 34.1 Å². The highest BCUT2D eigenvalue weighted by atomic mass is 35.5. The first-order valence-corrected chi connectivity index (χ1v) is 10.5. The summed E-state index contributed by atoms with van der Waals surface area (Å²) in [6.45, 7) is 5.88. The minimum atomic E-state index is -0.539. The number of hydrogen-bond donors (Lipinski definition) is 1. The highest BCUT2D eigenvalue weighted by Gasteiger charge is 2.35. The molecule has 6 heteroatoms. The Bertz CT molecular complexity index is 1260. The van der Waals surface area contributed by atoms with Crippen LogP contribution in [0.4, 0.5) is 5.69 Å². The van der Waals surface area contributed by atoms with Crippen LogP contribution in [0, 0.1) is 12.3 Å². The number of aromatic nitrogens is 1. The number of amides is 1. The van der Waals surface area contributed by atoms with Crippen LogP contribution in [-0.4, -0.2) is 16.3 Å². The molecule has 4 rings (SSSR count). The normalized spacial score (nSPS) is 14.8. The number of anilines is 1. The zero-order valence-corrected chi connectivity index (χ0v) is 18.4. The molecule has 0 saturated carbocycles. The monoisotopic (exact) mass is 434 g/mol. The molecule has 2 aromatic carbocycles. The van der Waals surface area contributed by atoms with Crippen LogP contribution in [-0.2, 0) is 6.42 Å². The van der Waals surface area contributed by atoms with Gasteiger partial charge in [-0.1, -0.05) is 43.6 Å². The fraction of sp³-hybridized carbons (Fsp3) is 0.240. The van der Waals surface area contributed by atoms with Gasteiger partial charge in [0.25, 0.3) is 11.5 Å². The van der Waals surface area contributed by atoms with Gasteiger partial charge >= 0.3 is 0 Å². The first-order chi connectivity index (χ1) is 14.7. The van der Waals surface area contributed by atoms with Gasteiger partial charge in [0.15, 0.2) is 5.78 Å². The van der Waals surface area contributed by atoms with Crippen LogP contribution < -0.4 is 10.9 Å². The molecule has 0 aliphatic heterocycles. The van der Waals surface area contributed by atoms with E-state index in [0.717, 1.165) is 5.56 Å². The maximum atomic E-state index is 13.5. The van der Waals surface area contributed by atoms with Crippen molar-refractivity contribution in [3.8, 4) is 5.69 Å². The van der Waals surface area contributed by atoms with E-state index >= 15 is 0 Å². The van der Waals surface area contributed by atoms with Crippen molar-refractivity contribution in [2.24, 2.45) is 5.41 Å². The van der Waals surface area contributed by atoms with E-state index in [0.29, 0.717) is 40.5 Å². The zero-order chi connectivity index (χ0) is 22.3. The van der Waals surface area contributed by atoms with E-state index in [2.05, 4.69) is 5.32 Å². The lowest BCUT2D eigenvalue weighted by Crippen LogP contribution is -2.37. The molecule has 0 atom stereocenters. The molecule has 0 unspecified atom stereocenters. The lowest BCUT2D eigenvalue weighted by molar-refractivity contribution is 0.0909. The lowest BCUT2D eigenvalue weighted by atomic mass is 9.75. The van der Waals surface area contributed by atoms with Gasteiger partial charge in [-0.3, -0.25) is 19.0 Å². The van der Waals surface area contributed by atoms with E-state index < -0.39 is 11.5 Å². The number of pyridine rings is 1. The number of para-hydroxylation sites is 1. The Labute approximate surface area is 185 Å². The summed E-state index contributed by atoms with van der Waals surface area (Å²) in [5.74, 6) is -0.610. The molecule has 1 amide bonds. The Morgan fingerprint density at radius 3 is 2.39 bits per heavy atom. The molecule has 3 aromatic rings. The highest BCUT2D eigenvalue weighted by molar-refractivity contribution is 6.30. The zero-order valence-electron chi connectivity index (χ0n) is 17.7. The van der Waals surface area contributed by atoms with Crippen LogP contribution in [0.15, 0.2) is 59.4 Å². The molecule has 158 valence electrons. The van der Waals surface area contributed by atoms with Crippen molar-refractivity contribution in [1.29, 1.82) is 0 Å². The van der Waals surface area contributed by atoms with E-state index in [4.69, 9.17) is 11.6 Å². The first kappa shape index (κ1) is 21.1. The number of ketones is 1. The van der Waals surface area contributed by atoms with Crippen LogP contribution in [0.1, 0.15) is 52.2 Å². The minimum absolute atomic E-state index is 0.0648. The maximum absolute atomic E-state index is 13.5. The Hall–Kier alpha value is -3.18. The number of nitrogens with one attached hydrogen (secondary N) is 1. The third kappa shape index (κ3) is 4.06. The predicted octanol–water partition coefficient (Wildman–Crippen LogP) is 5.21. The van der Waals surface area contributed by atoms with Crippen molar-refractivity contribution in [3.63, 3.8) is 0 Å². The topological polar surface area (TPSA) is 68.2 Å². The number of carbonyl (C=O) groups excluding carboxylic acids is 2. The van der Waals surface area contributed by atoms with Crippen LogP contribution in [0.2, 0.25) is 5.02 Å². The van der Waals surface area contributed by atoms with Crippen molar-refractivity contribution in [2.75, 3.05) is 5.32 Å². The Morgan fingerprint density at radius 2 is 1.71 bits per heavy atom. The number of benzene rings is 2. The molecule has 1 heterocycles. The summed E-state index contributed by atoms with van der Waals surface area (Å²) in [6.07, 6.45) is 0.906. The summed E-state index contributed by atoms with van der Waals surface area (Å²) in [6, 6.07) is 15.6. The molecule has 1 aromatic heterocycles. The molecule has 0 spiro atoms. The van der Waals surface area contributed by atoms with E-state index in [-0.39, 0.29) is 16.8 Å². The maximum Gasteiger partial charge on any atom is 0.268 e. The molecule has 31 heavy (non-hydrogen) atoms. The van der Waals surface area contributed by atoms with Crippen molar-refractivity contribution in [3.05, 3.63) is 92.4 Å². The van der Waals surface area contributed by atoms with Crippen molar-refractivity contribution in [1.82, 2.24) is 4.57 Å². The molecule has 0 bridgehead atoms. The molecule has 1 aliphatic carbocycles. The predicted molar refractivity (Wildman–Crippen MR) is 123 cm³/mol. The van der Waals surface area contributed by atoms with Crippen molar-refractivity contribution < 1.29 is 9.59 Å². The number of nitrogens with zero attached hydrogens (tertiary/aromatic N) is 1. The minimum Gasteiger partial charge on any atom is -0.322 e. The fourth-order valence-corrected chi connectivity index (χ4v) is 4.17. The van der Waals surface area contributed by atoms with Gasteiger partial charge in [0.2, 0.25) is 0 Å². The van der Waals surface area contributed by atoms with Crippen LogP contribution in [0.5, 0.6) is 0 Å². The lowest BCUT2D eigenvalue weighted by Gasteiger charge is -2.32. The number of hydrogen-bond acceptors (Lipinski definition) is 3. The second kappa shape index (κ2) is 7.82. The Kier molecular flexibility index (Phi) is 5.31. The number of halogens is 1. The summed E-state index contributed by atoms with van der Waals surface area (Å²) in [7, 11) is 0. The van der Waals surface area contributed by atoms with Gasteiger partial charge in [-0.15, -0.1) is 0 Å². The average Bonchev–Trinajstić information content (AvgIpc) is 2.69. The second-order valence-corrected chi connectivity index (χ2v) is 9.18. The molecule has 0 saturated heterocycles. The summed E-state index contributed by atoms with van der Waals surface area (Å²) >= 11 is 6.03. The second-order valence-electron chi connectivity index (χ2n) is 8.75. The van der Waals surface area contributed by atoms with Crippen LogP contribution >= 0.6 is 11.6 Å². The molecule has 5 nitrogen and oxygen atoms in total. The largest absolute Gasteiger partial charge is 0.322 e. The van der Waals surface area contributed by atoms with E-state index in [1.165, 1.54) is 10.6 Å². The smallest absolute Gasteiger partial charge is 0.268 e. The number of rotatable bonds is 3. The summed E-state index contributed by atoms with van der Waals surface area (Å²) in [4.78, 5) is 39.6. The van der Waals surface area contributed by atoms with Crippen molar-refractivity contribution >= 4 is 29.0 Å². The van der Waals surface area contributed by atoms with Gasteiger partial charge < -0.3 is 5.32 Å². The van der Waals surface area contributed by atoms with E-state index in [9.17, 15) is 14.4 Å². The van der Waals surface area contributed by atoms with Gasteiger partial charge in [0.05, 0.1) is 0 Å². The molecule has 0 radical (unpaired) electrons. The molecule has 1 aliphatic rings. The third-order valence-electron chi connectivity index (χ3n) is 5.61. The first-order valence-electron chi connectivity index (χ1n) is 10.1. The summed E-state index contributed by atoms with van der Waals surface area (Å²) in [5, 5.41) is 3.35. The molecular weight excluding hydrogens is 412 g/mol. The third-order valence-corrected chi connectivity index (χ3v) is 5.86. The number of fused-ring (bicyclic) bond motifs is 1. The SMILES string of the molecule is Cc1ccccc1NC(=O)c1cc2c(n(-c3ccc(Cl)cc3)c1=O)CC(C)(C)CC2=O. The Morgan fingerprint density at radius 1 is 1.03 bits per heavy atom. The van der Waals surface area contributed by atoms with Gasteiger partial charge in [-0.2, -0.15) is 0 Å². The molecular formula is C25H23ClN2O3. The average molecular weight is 435 g/mol. The molecule has 1 N–H and O–H groups in total. The van der Waals surface area contributed by atoms with Crippen molar-refractivity contribution in [2.45, 2.75) is 33.6 Å². The highest BCUT2D eigenvalue weighted by Crippen LogP contribution is 2.35. The standard InChI is InChI=1S/C25H23ClN2O3/c1-15-6-4-5-7-20(15)27-23(30)19-12-18-21(13-25(2,3)14-22(18)29)28(24(19)31)17-10-8-16(26)9-11-17/h4-12H,13-14H2,1-3H3,(H,27,30). The molecule has 0 fully saturated rings. The number of carbonyl (C=O) groups is 2. The van der Waals surface area contributed by atoms with Crippen LogP contribution in [0.25, 0.3) is 5.69 Å². The summed E-state index contributed by atoms with van der Waals surface area (Å²) < 4.78 is 1.48. The van der Waals surface area contributed by atoms with Gasteiger partial charge in [0.1, 0.15) is 5.56 Å². The number of aryl methyl sites for hydroxylation is 1. The quantitative estimate of drug-likeness (QED) is 0.615. The van der Waals surface area contributed by atoms with E-state index in [1.54, 1.807) is 30.3 Å². The van der Waals surface area contributed by atoms with Gasteiger partial charge in [-0.25, -0.2) is 0 Å². The Balaban J connectivity index is 1.91. The van der Waals surface area contributed by atoms with E-state index in [1.807, 2.05) is 39.0 Å². The number of Topliss-reactive ketones (excluding diaryl/α,β-unsaturated/α-hetero) is 1. The fourth-order valence-electron chi connectivity index (χ4n) is 4.04. The van der Waals surface area contributed by atoms with Crippen LogP contribution in [0.3, 0.4) is 0 Å². The van der Waals surface area contributed by atoms with Gasteiger partial charge in [-0.05, 0) is 60.7 Å².